The molecule has 0 atom stereocenters. The normalized spacial score (nSPS) is 11.8. The van der Waals surface area contributed by atoms with Crippen molar-refractivity contribution in [2.75, 3.05) is 26.0 Å². The fourth-order valence-corrected chi connectivity index (χ4v) is 4.69. The first-order valence-corrected chi connectivity index (χ1v) is 14.5. The minimum absolute atomic E-state index is 0.440. The summed E-state index contributed by atoms with van der Waals surface area (Å²) in [5.41, 5.74) is 1.90. The summed E-state index contributed by atoms with van der Waals surface area (Å²) in [6.07, 6.45) is 24.2. The van der Waals surface area contributed by atoms with Crippen molar-refractivity contribution in [3.8, 4) is 0 Å². The molecule has 1 aromatic carbocycles. The van der Waals surface area contributed by atoms with E-state index in [-0.39, 0.29) is 0 Å². The average molecular weight is 502 g/mol. The lowest BCUT2D eigenvalue weighted by Gasteiger charge is -2.30. The molecule has 5 heteroatoms. The summed E-state index contributed by atoms with van der Waals surface area (Å²) in [4.78, 5) is 22.2. The molecular formula is C31H53N2O3+. The molecule has 0 aromatic heterocycles. The number of benzene rings is 1. The topological polar surface area (TPSA) is 66.4 Å². The number of unbranched alkanes of at least 4 members (excludes halogenated alkanes) is 15. The van der Waals surface area contributed by atoms with Crippen LogP contribution in [0.25, 0.3) is 0 Å². The van der Waals surface area contributed by atoms with Gasteiger partial charge in [-0.1, -0.05) is 109 Å². The number of nitrogens with one attached hydrogen (secondary N) is 1. The van der Waals surface area contributed by atoms with E-state index in [1.54, 1.807) is 0 Å². The average Bonchev–Trinajstić information content (AvgIpc) is 2.83. The largest absolute Gasteiger partial charge is 0.478 e. The molecule has 1 rings (SSSR count). The highest BCUT2D eigenvalue weighted by Gasteiger charge is 2.15. The zero-order chi connectivity index (χ0) is 26.5. The summed E-state index contributed by atoms with van der Waals surface area (Å²) in [7, 11) is 4.55. The van der Waals surface area contributed by atoms with Gasteiger partial charge in [0.15, 0.2) is 0 Å². The van der Waals surface area contributed by atoms with Crippen molar-refractivity contribution in [3.05, 3.63) is 42.0 Å². The maximum Gasteiger partial charge on any atom is 0.328 e. The van der Waals surface area contributed by atoms with Gasteiger partial charge in [0.25, 0.3) is 0 Å². The van der Waals surface area contributed by atoms with Gasteiger partial charge in [0, 0.05) is 23.4 Å². The molecule has 0 heterocycles. The van der Waals surface area contributed by atoms with Gasteiger partial charge in [0.1, 0.15) is 6.54 Å². The molecule has 2 N–H and O–H groups in total. The zero-order valence-electron chi connectivity index (χ0n) is 23.4. The van der Waals surface area contributed by atoms with Gasteiger partial charge in [-0.2, -0.15) is 0 Å². The summed E-state index contributed by atoms with van der Waals surface area (Å²) in [5.74, 6) is -1.57. The van der Waals surface area contributed by atoms with E-state index in [0.717, 1.165) is 29.7 Å². The third kappa shape index (κ3) is 18.2. The van der Waals surface area contributed by atoms with Gasteiger partial charge >= 0.3 is 5.97 Å². The molecule has 0 unspecified atom stereocenters. The van der Waals surface area contributed by atoms with Crippen LogP contribution < -0.4 is 5.32 Å². The lowest BCUT2D eigenvalue weighted by molar-refractivity contribution is -0.903. The Labute approximate surface area is 221 Å². The maximum atomic E-state index is 11.7. The minimum atomic E-state index is -1.13. The summed E-state index contributed by atoms with van der Waals surface area (Å²) >= 11 is 0. The van der Waals surface area contributed by atoms with Gasteiger partial charge in [-0.15, -0.1) is 0 Å². The predicted molar refractivity (Wildman–Crippen MR) is 152 cm³/mol. The number of amides is 1. The Morgan fingerprint density at radius 1 is 0.722 bits per heavy atom. The molecule has 1 amide bonds. The van der Waals surface area contributed by atoms with E-state index in [9.17, 15) is 9.59 Å². The van der Waals surface area contributed by atoms with Crippen LogP contribution >= 0.6 is 0 Å². The number of aliphatic carboxylic acids is 1. The molecule has 0 spiro atoms. The Morgan fingerprint density at radius 3 is 1.61 bits per heavy atom. The number of carboxylic acid groups (broad SMARTS) is 1. The van der Waals surface area contributed by atoms with Crippen molar-refractivity contribution < 1.29 is 19.2 Å². The molecule has 5 nitrogen and oxygen atoms in total. The highest BCUT2D eigenvalue weighted by atomic mass is 16.4. The van der Waals surface area contributed by atoms with E-state index in [2.05, 4.69) is 26.3 Å². The van der Waals surface area contributed by atoms with Crippen molar-refractivity contribution in [1.82, 2.24) is 0 Å². The molecule has 0 aliphatic heterocycles. The SMILES string of the molecule is CCCCCCCCCCCCCCCCCC[N+](C)(C)Cc1ccc(NC(=O)C=CC(=O)O)cc1. The molecule has 0 saturated carbocycles. The second-order valence-corrected chi connectivity index (χ2v) is 11.0. The first kappa shape index (κ1) is 31.9. The molecule has 1 aromatic rings. The van der Waals surface area contributed by atoms with Crippen LogP contribution in [-0.2, 0) is 16.1 Å². The molecule has 0 fully saturated rings. The number of carboxylic acids is 1. The highest BCUT2D eigenvalue weighted by Crippen LogP contribution is 2.17. The maximum absolute atomic E-state index is 11.7. The number of carbonyl (C=O) groups excluding carboxylic acids is 1. The predicted octanol–water partition coefficient (Wildman–Crippen LogP) is 8.10. The number of hydrogen-bond acceptors (Lipinski definition) is 2. The van der Waals surface area contributed by atoms with Gasteiger partial charge in [-0.25, -0.2) is 4.79 Å². The Balaban J connectivity index is 2.05. The van der Waals surface area contributed by atoms with Crippen molar-refractivity contribution in [2.24, 2.45) is 0 Å². The first-order chi connectivity index (χ1) is 17.3. The van der Waals surface area contributed by atoms with Crippen LogP contribution in [0.3, 0.4) is 0 Å². The molecule has 0 radical (unpaired) electrons. The van der Waals surface area contributed by atoms with Gasteiger partial charge in [-0.05, 0) is 25.0 Å². The van der Waals surface area contributed by atoms with Crippen LogP contribution in [0.1, 0.15) is 115 Å². The Kier molecular flexibility index (Phi) is 17.7. The van der Waals surface area contributed by atoms with Crippen LogP contribution in [0.4, 0.5) is 5.69 Å². The lowest BCUT2D eigenvalue weighted by atomic mass is 10.0. The third-order valence-electron chi connectivity index (χ3n) is 6.83. The number of nitrogens with zero attached hydrogens (tertiary/aromatic N) is 1. The molecule has 0 saturated heterocycles. The van der Waals surface area contributed by atoms with Gasteiger partial charge in [0.05, 0.1) is 20.6 Å². The summed E-state index contributed by atoms with van der Waals surface area (Å²) in [6.45, 7) is 4.40. The van der Waals surface area contributed by atoms with E-state index < -0.39 is 11.9 Å². The van der Waals surface area contributed by atoms with E-state index >= 15 is 0 Å². The monoisotopic (exact) mass is 501 g/mol. The Hall–Kier alpha value is -2.14. The molecule has 204 valence electrons. The van der Waals surface area contributed by atoms with Crippen LogP contribution in [0.15, 0.2) is 36.4 Å². The van der Waals surface area contributed by atoms with E-state index in [1.165, 1.54) is 108 Å². The van der Waals surface area contributed by atoms with Crippen LogP contribution in [0, 0.1) is 0 Å². The number of rotatable bonds is 22. The number of hydrogen-bond donors (Lipinski definition) is 2. The van der Waals surface area contributed by atoms with Crippen molar-refractivity contribution in [2.45, 2.75) is 116 Å². The number of carbonyl (C=O) groups is 2. The lowest BCUT2D eigenvalue weighted by Crippen LogP contribution is -2.39. The van der Waals surface area contributed by atoms with E-state index in [1.807, 2.05) is 24.3 Å². The van der Waals surface area contributed by atoms with Crippen LogP contribution in [0.2, 0.25) is 0 Å². The van der Waals surface area contributed by atoms with E-state index in [4.69, 9.17) is 5.11 Å². The van der Waals surface area contributed by atoms with Gasteiger partial charge in [0.2, 0.25) is 5.91 Å². The van der Waals surface area contributed by atoms with Crippen molar-refractivity contribution >= 4 is 17.6 Å². The molecule has 0 aliphatic rings. The zero-order valence-corrected chi connectivity index (χ0v) is 23.4. The standard InChI is InChI=1S/C31H52N2O3/c1-4-5-6-7-8-9-10-11-12-13-14-15-16-17-18-19-26-33(2,3)27-28-20-22-29(23-21-28)32-30(34)24-25-31(35)36/h20-25H,4-19,26-27H2,1-3H3,(H-,32,34,35,36)/p+1. The number of quaternary nitrogens is 1. The second kappa shape index (κ2) is 20.0. The third-order valence-corrected chi connectivity index (χ3v) is 6.83. The molecule has 0 aliphatic carbocycles. The smallest absolute Gasteiger partial charge is 0.328 e. The minimum Gasteiger partial charge on any atom is -0.478 e. The molecule has 0 bridgehead atoms. The summed E-state index contributed by atoms with van der Waals surface area (Å²) in [6, 6.07) is 7.81. The van der Waals surface area contributed by atoms with Gasteiger partial charge < -0.3 is 14.9 Å². The van der Waals surface area contributed by atoms with Crippen molar-refractivity contribution in [1.29, 1.82) is 0 Å². The summed E-state index contributed by atoms with van der Waals surface area (Å²) in [5, 5.41) is 11.3. The highest BCUT2D eigenvalue weighted by molar-refractivity contribution is 6.02. The van der Waals surface area contributed by atoms with E-state index in [0.29, 0.717) is 5.69 Å². The molecular weight excluding hydrogens is 448 g/mol. The molecule has 36 heavy (non-hydrogen) atoms. The van der Waals surface area contributed by atoms with Gasteiger partial charge in [-0.3, -0.25) is 4.79 Å². The summed E-state index contributed by atoms with van der Waals surface area (Å²) < 4.78 is 0.950. The first-order valence-electron chi connectivity index (χ1n) is 14.5. The van der Waals surface area contributed by atoms with Crippen LogP contribution in [-0.4, -0.2) is 42.1 Å². The quantitative estimate of drug-likeness (QED) is 0.0958. The fraction of sp³-hybridized carbons (Fsp3) is 0.677. The van der Waals surface area contributed by atoms with Crippen molar-refractivity contribution in [3.63, 3.8) is 0 Å². The Morgan fingerprint density at radius 2 is 1.17 bits per heavy atom. The number of anilines is 1. The van der Waals surface area contributed by atoms with Crippen LogP contribution in [0.5, 0.6) is 0 Å². The Bertz CT molecular complexity index is 741. The fourth-order valence-electron chi connectivity index (χ4n) is 4.69. The second-order valence-electron chi connectivity index (χ2n) is 11.0.